The summed E-state index contributed by atoms with van der Waals surface area (Å²) in [5.74, 6) is 0.237. The number of hydrogen-bond acceptors (Lipinski definition) is 3. The van der Waals surface area contributed by atoms with Gasteiger partial charge in [0, 0.05) is 11.0 Å². The fourth-order valence-corrected chi connectivity index (χ4v) is 3.39. The predicted octanol–water partition coefficient (Wildman–Crippen LogP) is 4.34. The van der Waals surface area contributed by atoms with Gasteiger partial charge in [-0.15, -0.1) is 0 Å². The molecule has 2 aromatic carbocycles. The average molecular weight is 408 g/mol. The summed E-state index contributed by atoms with van der Waals surface area (Å²) in [6.45, 7) is 0.507. The second-order valence-electron chi connectivity index (χ2n) is 5.88. The summed E-state index contributed by atoms with van der Waals surface area (Å²) in [6, 6.07) is 12.3. The Kier molecular flexibility index (Phi) is 5.58. The molecule has 3 rings (SSSR count). The minimum Gasteiger partial charge on any atom is -0.497 e. The van der Waals surface area contributed by atoms with E-state index < -0.39 is 5.82 Å². The first kappa shape index (κ1) is 17.7. The Hall–Kier alpha value is -2.08. The smallest absolute Gasteiger partial charge is 0.261 e. The fraction of sp³-hybridized carbons (Fsp3) is 0.316. The zero-order valence-electron chi connectivity index (χ0n) is 13.9. The molecule has 2 aromatic rings. The largest absolute Gasteiger partial charge is 0.497 e. The van der Waals surface area contributed by atoms with Crippen LogP contribution >= 0.6 is 15.9 Å². The molecule has 0 N–H and O–H groups in total. The van der Waals surface area contributed by atoms with E-state index in [0.29, 0.717) is 11.0 Å². The van der Waals surface area contributed by atoms with E-state index in [1.165, 1.54) is 12.1 Å². The van der Waals surface area contributed by atoms with Crippen LogP contribution in [-0.4, -0.2) is 31.1 Å². The van der Waals surface area contributed by atoms with E-state index in [1.807, 2.05) is 24.3 Å². The van der Waals surface area contributed by atoms with Crippen molar-refractivity contribution in [3.05, 3.63) is 58.3 Å². The number of halogens is 2. The molecule has 1 aliphatic rings. The number of hydrogen-bond donors (Lipinski definition) is 0. The molecule has 1 heterocycles. The van der Waals surface area contributed by atoms with Crippen molar-refractivity contribution in [2.75, 3.05) is 20.3 Å². The number of benzene rings is 2. The number of rotatable bonds is 5. The van der Waals surface area contributed by atoms with E-state index in [2.05, 4.69) is 15.9 Å². The summed E-state index contributed by atoms with van der Waals surface area (Å²) in [6.07, 6.45) is 1.85. The van der Waals surface area contributed by atoms with Gasteiger partial charge in [-0.1, -0.05) is 28.1 Å². The van der Waals surface area contributed by atoms with Crippen LogP contribution in [0.1, 0.15) is 24.4 Å². The van der Waals surface area contributed by atoms with Gasteiger partial charge in [-0.25, -0.2) is 4.39 Å². The standard InChI is InChI=1S/C19H19BrFNO3/c1-24-15-7-4-13(5-8-15)17-3-2-10-22(17)19(23)12-25-18-9-6-14(20)11-16(18)21/h4-9,11,17H,2-3,10,12H2,1H3/t17-/m0/s1. The van der Waals surface area contributed by atoms with Crippen LogP contribution in [0.3, 0.4) is 0 Å². The Bertz CT molecular complexity index is 751. The minimum atomic E-state index is -0.490. The molecule has 0 unspecified atom stereocenters. The van der Waals surface area contributed by atoms with E-state index in [4.69, 9.17) is 9.47 Å². The molecule has 0 saturated carbocycles. The molecule has 0 aromatic heterocycles. The van der Waals surface area contributed by atoms with Gasteiger partial charge < -0.3 is 14.4 Å². The molecule has 0 spiro atoms. The molecule has 0 aliphatic carbocycles. The van der Waals surface area contributed by atoms with Crippen LogP contribution in [0.4, 0.5) is 4.39 Å². The third kappa shape index (κ3) is 4.12. The molecule has 132 valence electrons. The molecule has 6 heteroatoms. The Balaban J connectivity index is 1.65. The molecule has 0 bridgehead atoms. The lowest BCUT2D eigenvalue weighted by Gasteiger charge is -2.25. The highest BCUT2D eigenvalue weighted by atomic mass is 79.9. The number of likely N-dealkylation sites (tertiary alicyclic amines) is 1. The van der Waals surface area contributed by atoms with Gasteiger partial charge in [0.15, 0.2) is 18.2 Å². The van der Waals surface area contributed by atoms with Crippen molar-refractivity contribution in [1.29, 1.82) is 0 Å². The maximum Gasteiger partial charge on any atom is 0.261 e. The Morgan fingerprint density at radius 1 is 1.28 bits per heavy atom. The second-order valence-corrected chi connectivity index (χ2v) is 6.80. The van der Waals surface area contributed by atoms with E-state index in [1.54, 1.807) is 18.1 Å². The molecular weight excluding hydrogens is 389 g/mol. The van der Waals surface area contributed by atoms with Crippen molar-refractivity contribution < 1.29 is 18.7 Å². The Labute approximate surface area is 154 Å². The fourth-order valence-electron chi connectivity index (χ4n) is 3.05. The van der Waals surface area contributed by atoms with Gasteiger partial charge in [0.2, 0.25) is 0 Å². The third-order valence-corrected chi connectivity index (χ3v) is 4.81. The Morgan fingerprint density at radius 3 is 2.72 bits per heavy atom. The summed E-state index contributed by atoms with van der Waals surface area (Å²) < 4.78 is 25.0. The molecule has 1 fully saturated rings. The van der Waals surface area contributed by atoms with Gasteiger partial charge in [-0.3, -0.25) is 4.79 Å². The van der Waals surface area contributed by atoms with Crippen LogP contribution in [0.5, 0.6) is 11.5 Å². The predicted molar refractivity (Wildman–Crippen MR) is 96.3 cm³/mol. The van der Waals surface area contributed by atoms with Gasteiger partial charge in [-0.2, -0.15) is 0 Å². The van der Waals surface area contributed by atoms with Crippen LogP contribution in [-0.2, 0) is 4.79 Å². The van der Waals surface area contributed by atoms with Crippen LogP contribution in [0, 0.1) is 5.82 Å². The zero-order valence-corrected chi connectivity index (χ0v) is 15.5. The first-order valence-electron chi connectivity index (χ1n) is 8.10. The van der Waals surface area contributed by atoms with Crippen molar-refractivity contribution in [3.8, 4) is 11.5 Å². The first-order chi connectivity index (χ1) is 12.1. The molecule has 1 aliphatic heterocycles. The van der Waals surface area contributed by atoms with Crippen LogP contribution in [0.25, 0.3) is 0 Å². The lowest BCUT2D eigenvalue weighted by molar-refractivity contribution is -0.134. The van der Waals surface area contributed by atoms with Gasteiger partial charge >= 0.3 is 0 Å². The number of carbonyl (C=O) groups is 1. The number of amides is 1. The number of nitrogens with zero attached hydrogens (tertiary/aromatic N) is 1. The van der Waals surface area contributed by atoms with E-state index in [0.717, 1.165) is 24.2 Å². The van der Waals surface area contributed by atoms with Gasteiger partial charge in [-0.05, 0) is 48.7 Å². The quantitative estimate of drug-likeness (QED) is 0.739. The SMILES string of the molecule is COc1ccc([C@@H]2CCCN2C(=O)COc2ccc(Br)cc2F)cc1. The molecule has 0 radical (unpaired) electrons. The van der Waals surface area contributed by atoms with E-state index in [-0.39, 0.29) is 24.3 Å². The Morgan fingerprint density at radius 2 is 2.04 bits per heavy atom. The minimum absolute atomic E-state index is 0.0248. The molecule has 4 nitrogen and oxygen atoms in total. The van der Waals surface area contributed by atoms with Crippen LogP contribution in [0.15, 0.2) is 46.9 Å². The summed E-state index contributed by atoms with van der Waals surface area (Å²) in [4.78, 5) is 14.4. The number of carbonyl (C=O) groups excluding carboxylic acids is 1. The highest BCUT2D eigenvalue weighted by Gasteiger charge is 2.30. The van der Waals surface area contributed by atoms with E-state index >= 15 is 0 Å². The van der Waals surface area contributed by atoms with Gasteiger partial charge in [0.25, 0.3) is 5.91 Å². The molecule has 25 heavy (non-hydrogen) atoms. The maximum absolute atomic E-state index is 13.8. The monoisotopic (exact) mass is 407 g/mol. The topological polar surface area (TPSA) is 38.8 Å². The molecule has 1 amide bonds. The lowest BCUT2D eigenvalue weighted by Crippen LogP contribution is -2.34. The van der Waals surface area contributed by atoms with Crippen molar-refractivity contribution in [1.82, 2.24) is 4.90 Å². The van der Waals surface area contributed by atoms with Crippen molar-refractivity contribution in [3.63, 3.8) is 0 Å². The van der Waals surface area contributed by atoms with Gasteiger partial charge in [0.1, 0.15) is 5.75 Å². The third-order valence-electron chi connectivity index (χ3n) is 4.32. The molecule has 1 atom stereocenters. The van der Waals surface area contributed by atoms with Gasteiger partial charge in [0.05, 0.1) is 13.2 Å². The maximum atomic E-state index is 13.8. The average Bonchev–Trinajstić information content (AvgIpc) is 3.10. The van der Waals surface area contributed by atoms with Crippen molar-refractivity contribution in [2.45, 2.75) is 18.9 Å². The summed E-state index contributed by atoms with van der Waals surface area (Å²) in [5.41, 5.74) is 1.07. The van der Waals surface area contributed by atoms with Crippen molar-refractivity contribution in [2.24, 2.45) is 0 Å². The summed E-state index contributed by atoms with van der Waals surface area (Å²) in [7, 11) is 1.62. The molecular formula is C19H19BrFNO3. The zero-order chi connectivity index (χ0) is 17.8. The van der Waals surface area contributed by atoms with E-state index in [9.17, 15) is 9.18 Å². The van der Waals surface area contributed by atoms with Crippen molar-refractivity contribution >= 4 is 21.8 Å². The highest BCUT2D eigenvalue weighted by Crippen LogP contribution is 2.33. The first-order valence-corrected chi connectivity index (χ1v) is 8.89. The summed E-state index contributed by atoms with van der Waals surface area (Å²) >= 11 is 3.19. The molecule has 1 saturated heterocycles. The number of ether oxygens (including phenoxy) is 2. The second kappa shape index (κ2) is 7.87. The number of methoxy groups -OCH3 is 1. The van der Waals surface area contributed by atoms with Crippen LogP contribution < -0.4 is 9.47 Å². The lowest BCUT2D eigenvalue weighted by atomic mass is 10.0. The normalized spacial score (nSPS) is 16.8. The summed E-state index contributed by atoms with van der Waals surface area (Å²) in [5, 5.41) is 0. The van der Waals surface area contributed by atoms with Crippen LogP contribution in [0.2, 0.25) is 0 Å². The highest BCUT2D eigenvalue weighted by molar-refractivity contribution is 9.10.